The molecule has 0 atom stereocenters. The number of carbonyl (C=O) groups is 1. The van der Waals surface area contributed by atoms with Crippen LogP contribution in [0.2, 0.25) is 10.0 Å². The Labute approximate surface area is 156 Å². The number of likely N-dealkylation sites (N-methyl/N-ethyl adjacent to an activating group) is 1. The minimum absolute atomic E-state index is 0.146. The molecule has 0 bridgehead atoms. The van der Waals surface area contributed by atoms with Gasteiger partial charge >= 0.3 is 0 Å². The van der Waals surface area contributed by atoms with Gasteiger partial charge in [0.2, 0.25) is 5.91 Å². The number of nitrogens with one attached hydrogen (secondary N) is 1. The lowest BCUT2D eigenvalue weighted by Gasteiger charge is -2.20. The maximum Gasteiger partial charge on any atom is 0.238 e. The molecule has 2 rings (SSSR count). The highest BCUT2D eigenvalue weighted by Gasteiger charge is 2.13. The van der Waals surface area contributed by atoms with Crippen LogP contribution in [0.4, 0.5) is 10.1 Å². The highest BCUT2D eigenvalue weighted by molar-refractivity contribution is 6.35. The summed E-state index contributed by atoms with van der Waals surface area (Å²) in [7, 11) is 1.42. The van der Waals surface area contributed by atoms with Gasteiger partial charge in [0.15, 0.2) is 11.6 Å². The van der Waals surface area contributed by atoms with Gasteiger partial charge in [0.05, 0.1) is 24.4 Å². The van der Waals surface area contributed by atoms with E-state index in [1.54, 1.807) is 30.3 Å². The molecule has 0 aliphatic heterocycles. The van der Waals surface area contributed by atoms with Crippen LogP contribution in [0.1, 0.15) is 12.5 Å². The van der Waals surface area contributed by atoms with E-state index in [2.05, 4.69) is 5.32 Å². The fourth-order valence-corrected chi connectivity index (χ4v) is 2.67. The molecule has 0 saturated heterocycles. The van der Waals surface area contributed by atoms with E-state index in [0.717, 1.165) is 5.56 Å². The zero-order valence-corrected chi connectivity index (χ0v) is 15.5. The number of nitrogens with zero attached hydrogens (tertiary/aromatic N) is 1. The molecule has 0 spiro atoms. The van der Waals surface area contributed by atoms with Gasteiger partial charge < -0.3 is 10.1 Å². The summed E-state index contributed by atoms with van der Waals surface area (Å²) in [5.74, 6) is -0.452. The Hall–Kier alpha value is -1.82. The smallest absolute Gasteiger partial charge is 0.238 e. The normalized spacial score (nSPS) is 10.8. The zero-order valence-electron chi connectivity index (χ0n) is 14.0. The third kappa shape index (κ3) is 5.59. The first-order chi connectivity index (χ1) is 11.9. The van der Waals surface area contributed by atoms with Crippen molar-refractivity contribution >= 4 is 34.8 Å². The summed E-state index contributed by atoms with van der Waals surface area (Å²) in [5.41, 5.74) is 1.22. The van der Waals surface area contributed by atoms with Gasteiger partial charge in [-0.05, 0) is 42.4 Å². The Morgan fingerprint density at radius 3 is 2.64 bits per heavy atom. The van der Waals surface area contributed by atoms with Crippen molar-refractivity contribution in [2.75, 3.05) is 25.5 Å². The van der Waals surface area contributed by atoms with Crippen molar-refractivity contribution in [1.29, 1.82) is 0 Å². The number of carbonyl (C=O) groups excluding carboxylic acids is 1. The van der Waals surface area contributed by atoms with Gasteiger partial charge in [0.1, 0.15) is 0 Å². The van der Waals surface area contributed by atoms with Gasteiger partial charge in [-0.3, -0.25) is 9.69 Å². The summed E-state index contributed by atoms with van der Waals surface area (Å²) < 4.78 is 18.7. The molecule has 0 saturated carbocycles. The molecule has 0 radical (unpaired) electrons. The van der Waals surface area contributed by atoms with Crippen molar-refractivity contribution in [2.45, 2.75) is 13.5 Å². The molecule has 2 aromatic carbocycles. The second-order valence-corrected chi connectivity index (χ2v) is 6.29. The van der Waals surface area contributed by atoms with Gasteiger partial charge in [-0.2, -0.15) is 0 Å². The Bertz CT molecular complexity index is 756. The summed E-state index contributed by atoms with van der Waals surface area (Å²) in [6, 6.07) is 9.62. The minimum Gasteiger partial charge on any atom is -0.494 e. The average Bonchev–Trinajstić information content (AvgIpc) is 2.57. The molecular formula is C18H19Cl2FN2O2. The van der Waals surface area contributed by atoms with E-state index in [1.807, 2.05) is 11.8 Å². The molecule has 1 amide bonds. The molecule has 7 heteroatoms. The van der Waals surface area contributed by atoms with Crippen LogP contribution in [-0.2, 0) is 11.3 Å². The van der Waals surface area contributed by atoms with Crippen LogP contribution in [0.25, 0.3) is 0 Å². The number of anilines is 1. The fourth-order valence-electron chi connectivity index (χ4n) is 2.33. The molecule has 4 nitrogen and oxygen atoms in total. The monoisotopic (exact) mass is 384 g/mol. The van der Waals surface area contributed by atoms with Gasteiger partial charge in [0.25, 0.3) is 0 Å². The topological polar surface area (TPSA) is 41.6 Å². The first-order valence-electron chi connectivity index (χ1n) is 7.72. The SMILES string of the molecule is CCN(CC(=O)Nc1cc(Cl)ccc1Cl)Cc1ccc(OC)c(F)c1. The third-order valence-electron chi connectivity index (χ3n) is 3.64. The van der Waals surface area contributed by atoms with E-state index in [4.69, 9.17) is 27.9 Å². The second kappa shape index (κ2) is 9.04. The molecule has 0 aliphatic rings. The lowest BCUT2D eigenvalue weighted by molar-refractivity contribution is -0.117. The van der Waals surface area contributed by atoms with Gasteiger partial charge in [-0.25, -0.2) is 4.39 Å². The predicted octanol–water partition coefficient (Wildman–Crippen LogP) is 4.60. The van der Waals surface area contributed by atoms with Crippen LogP contribution in [0.15, 0.2) is 36.4 Å². The van der Waals surface area contributed by atoms with E-state index in [-0.39, 0.29) is 18.2 Å². The summed E-state index contributed by atoms with van der Waals surface area (Å²) in [6.45, 7) is 3.14. The number of hydrogen-bond acceptors (Lipinski definition) is 3. The molecule has 0 aromatic heterocycles. The summed E-state index contributed by atoms with van der Waals surface area (Å²) >= 11 is 12.0. The quantitative estimate of drug-likeness (QED) is 0.757. The molecular weight excluding hydrogens is 366 g/mol. The van der Waals surface area contributed by atoms with Crippen LogP contribution in [-0.4, -0.2) is 31.0 Å². The van der Waals surface area contributed by atoms with Crippen LogP contribution in [0, 0.1) is 5.82 Å². The minimum atomic E-state index is -0.425. The molecule has 0 aliphatic carbocycles. The third-order valence-corrected chi connectivity index (χ3v) is 4.20. The van der Waals surface area contributed by atoms with Gasteiger partial charge in [-0.15, -0.1) is 0 Å². The van der Waals surface area contributed by atoms with Crippen molar-refractivity contribution in [1.82, 2.24) is 4.90 Å². The van der Waals surface area contributed by atoms with Gasteiger partial charge in [0, 0.05) is 11.6 Å². The molecule has 134 valence electrons. The summed E-state index contributed by atoms with van der Waals surface area (Å²) in [4.78, 5) is 14.1. The van der Waals surface area contributed by atoms with E-state index in [9.17, 15) is 9.18 Å². The van der Waals surface area contributed by atoms with Crippen LogP contribution in [0.3, 0.4) is 0 Å². The van der Waals surface area contributed by atoms with Crippen LogP contribution >= 0.6 is 23.2 Å². The number of hydrogen-bond donors (Lipinski definition) is 1. The van der Waals surface area contributed by atoms with E-state index in [0.29, 0.717) is 28.8 Å². The first kappa shape index (κ1) is 19.5. The van der Waals surface area contributed by atoms with Crippen molar-refractivity contribution in [2.24, 2.45) is 0 Å². The predicted molar refractivity (Wildman–Crippen MR) is 99.0 cm³/mol. The number of halogens is 3. The maximum absolute atomic E-state index is 13.8. The van der Waals surface area contributed by atoms with Crippen molar-refractivity contribution in [3.05, 3.63) is 57.8 Å². The van der Waals surface area contributed by atoms with Crippen LogP contribution < -0.4 is 10.1 Å². The summed E-state index contributed by atoms with van der Waals surface area (Å²) in [5, 5.41) is 3.64. The highest BCUT2D eigenvalue weighted by Crippen LogP contribution is 2.25. The number of amides is 1. The average molecular weight is 385 g/mol. The van der Waals surface area contributed by atoms with Crippen LogP contribution in [0.5, 0.6) is 5.75 Å². The second-order valence-electron chi connectivity index (χ2n) is 5.44. The van der Waals surface area contributed by atoms with Crippen molar-refractivity contribution in [3.63, 3.8) is 0 Å². The Balaban J connectivity index is 2.00. The molecule has 2 aromatic rings. The number of benzene rings is 2. The highest BCUT2D eigenvalue weighted by atomic mass is 35.5. The van der Waals surface area contributed by atoms with E-state index in [1.165, 1.54) is 13.2 Å². The Morgan fingerprint density at radius 2 is 2.00 bits per heavy atom. The van der Waals surface area contributed by atoms with Crippen molar-refractivity contribution < 1.29 is 13.9 Å². The zero-order chi connectivity index (χ0) is 18.4. The molecule has 0 heterocycles. The maximum atomic E-state index is 13.8. The van der Waals surface area contributed by atoms with E-state index < -0.39 is 5.82 Å². The molecule has 25 heavy (non-hydrogen) atoms. The number of methoxy groups -OCH3 is 1. The van der Waals surface area contributed by atoms with Gasteiger partial charge in [-0.1, -0.05) is 36.2 Å². The molecule has 1 N–H and O–H groups in total. The largest absolute Gasteiger partial charge is 0.494 e. The Kier molecular flexibility index (Phi) is 7.05. The Morgan fingerprint density at radius 1 is 1.24 bits per heavy atom. The number of ether oxygens (including phenoxy) is 1. The van der Waals surface area contributed by atoms with E-state index >= 15 is 0 Å². The fraction of sp³-hybridized carbons (Fsp3) is 0.278. The lowest BCUT2D eigenvalue weighted by Crippen LogP contribution is -2.32. The van der Waals surface area contributed by atoms with Crippen molar-refractivity contribution in [3.8, 4) is 5.75 Å². The molecule has 0 fully saturated rings. The standard InChI is InChI=1S/C18H19Cl2FN2O2/c1-3-23(10-12-4-7-17(25-2)15(21)8-12)11-18(24)22-16-9-13(19)5-6-14(16)20/h4-9H,3,10-11H2,1-2H3,(H,22,24). The number of rotatable bonds is 7. The first-order valence-corrected chi connectivity index (χ1v) is 8.48. The molecule has 0 unspecified atom stereocenters. The lowest BCUT2D eigenvalue weighted by atomic mass is 10.2. The summed E-state index contributed by atoms with van der Waals surface area (Å²) in [6.07, 6.45) is 0.